The maximum absolute atomic E-state index is 12.6. The molecule has 2 rings (SSSR count). The van der Waals surface area contributed by atoms with Crippen LogP contribution in [0.5, 0.6) is 0 Å². The van der Waals surface area contributed by atoms with Crippen LogP contribution in [0.4, 0.5) is 0 Å². The number of hydrogen-bond acceptors (Lipinski definition) is 3. The fourth-order valence-corrected chi connectivity index (χ4v) is 3.25. The molecule has 0 aliphatic carbocycles. The molecule has 2 amide bonds. The van der Waals surface area contributed by atoms with E-state index in [9.17, 15) is 9.59 Å². The van der Waals surface area contributed by atoms with Gasteiger partial charge in [0.2, 0.25) is 11.8 Å². The maximum Gasteiger partial charge on any atom is 0.239 e. The van der Waals surface area contributed by atoms with Gasteiger partial charge in [0.25, 0.3) is 0 Å². The second-order valence-electron chi connectivity index (χ2n) is 6.34. The van der Waals surface area contributed by atoms with Gasteiger partial charge in [-0.15, -0.1) is 0 Å². The molecule has 1 N–H and O–H groups in total. The summed E-state index contributed by atoms with van der Waals surface area (Å²) in [6, 6.07) is 0.0862. The number of hydrogen-bond donors (Lipinski definition) is 1. The number of nitrogens with zero attached hydrogens (tertiary/aromatic N) is 2. The number of carbonyl (C=O) groups excluding carboxylic acids is 2. The first-order chi connectivity index (χ1) is 10.6. The Hall–Kier alpha value is -1.36. The van der Waals surface area contributed by atoms with Crippen LogP contribution in [-0.4, -0.2) is 60.9 Å². The molecule has 5 nitrogen and oxygen atoms in total. The van der Waals surface area contributed by atoms with Crippen molar-refractivity contribution in [3.8, 4) is 0 Å². The minimum atomic E-state index is 0.0862. The summed E-state index contributed by atoms with van der Waals surface area (Å²) in [5.74, 6) is 0.394. The van der Waals surface area contributed by atoms with Crippen LogP contribution in [-0.2, 0) is 9.59 Å². The van der Waals surface area contributed by atoms with E-state index in [1.54, 1.807) is 0 Å². The largest absolute Gasteiger partial charge is 0.353 e. The van der Waals surface area contributed by atoms with Crippen LogP contribution >= 0.6 is 0 Å². The monoisotopic (exact) mass is 307 g/mol. The topological polar surface area (TPSA) is 52.7 Å². The number of likely N-dealkylation sites (tertiary alicyclic amines) is 2. The molecule has 22 heavy (non-hydrogen) atoms. The van der Waals surface area contributed by atoms with E-state index in [4.69, 9.17) is 0 Å². The molecule has 2 heterocycles. The zero-order valence-corrected chi connectivity index (χ0v) is 13.9. The summed E-state index contributed by atoms with van der Waals surface area (Å²) < 4.78 is 0. The van der Waals surface area contributed by atoms with E-state index >= 15 is 0 Å². The van der Waals surface area contributed by atoms with Gasteiger partial charge in [-0.25, -0.2) is 0 Å². The van der Waals surface area contributed by atoms with Crippen molar-refractivity contribution < 1.29 is 9.59 Å². The molecular formula is C17H29N3O2. The molecule has 0 bridgehead atoms. The van der Waals surface area contributed by atoms with Crippen molar-refractivity contribution in [2.45, 2.75) is 51.5 Å². The quantitative estimate of drug-likeness (QED) is 0.802. The van der Waals surface area contributed by atoms with E-state index in [1.807, 2.05) is 11.8 Å². The third-order valence-electron chi connectivity index (χ3n) is 4.78. The molecule has 0 saturated carbocycles. The highest BCUT2D eigenvalue weighted by molar-refractivity contribution is 5.82. The highest BCUT2D eigenvalue weighted by Gasteiger charge is 2.30. The van der Waals surface area contributed by atoms with Crippen molar-refractivity contribution in [1.82, 2.24) is 15.1 Å². The average Bonchev–Trinajstić information content (AvgIpc) is 2.55. The summed E-state index contributed by atoms with van der Waals surface area (Å²) in [5, 5.41) is 2.87. The van der Waals surface area contributed by atoms with Crippen molar-refractivity contribution in [3.63, 3.8) is 0 Å². The van der Waals surface area contributed by atoms with Crippen molar-refractivity contribution >= 4 is 11.8 Å². The van der Waals surface area contributed by atoms with Gasteiger partial charge in [-0.1, -0.05) is 25.0 Å². The van der Waals surface area contributed by atoms with Crippen LogP contribution in [0.1, 0.15) is 45.4 Å². The summed E-state index contributed by atoms with van der Waals surface area (Å²) >= 11 is 0. The van der Waals surface area contributed by atoms with Gasteiger partial charge >= 0.3 is 0 Å². The highest BCUT2D eigenvalue weighted by Crippen LogP contribution is 2.21. The first-order valence-electron chi connectivity index (χ1n) is 8.55. The summed E-state index contributed by atoms with van der Waals surface area (Å²) in [6.45, 7) is 5.14. The maximum atomic E-state index is 12.6. The lowest BCUT2D eigenvalue weighted by molar-refractivity contribution is -0.138. The second kappa shape index (κ2) is 8.32. The average molecular weight is 307 g/mol. The molecule has 2 aliphatic heterocycles. The molecule has 124 valence electrons. The summed E-state index contributed by atoms with van der Waals surface area (Å²) in [7, 11) is 2.06. The van der Waals surface area contributed by atoms with Crippen molar-refractivity contribution in [2.24, 2.45) is 0 Å². The Labute approximate surface area is 133 Å². The zero-order chi connectivity index (χ0) is 15.9. The first-order valence-corrected chi connectivity index (χ1v) is 8.55. The standard InChI is InChI=1S/C17H29N3O2/c1-3-16(21)18-10-7-14-8-12-20(13-9-14)17(22)15-6-4-5-11-19(15)2/h7,15H,3-6,8-13H2,1-2H3,(H,18,21). The molecule has 5 heteroatoms. The molecule has 2 saturated heterocycles. The number of amides is 2. The molecular weight excluding hydrogens is 278 g/mol. The van der Waals surface area contributed by atoms with Crippen LogP contribution in [0.15, 0.2) is 11.6 Å². The van der Waals surface area contributed by atoms with E-state index < -0.39 is 0 Å². The predicted octanol–water partition coefficient (Wildman–Crippen LogP) is 1.55. The SMILES string of the molecule is CCC(=O)NCC=C1CCN(C(=O)C2CCCCN2C)CC1. The van der Waals surface area contributed by atoms with Crippen LogP contribution in [0.25, 0.3) is 0 Å². The molecule has 0 aromatic carbocycles. The third kappa shape index (κ3) is 4.57. The van der Waals surface area contributed by atoms with Gasteiger partial charge < -0.3 is 10.2 Å². The van der Waals surface area contributed by atoms with E-state index in [1.165, 1.54) is 12.0 Å². The molecule has 2 aliphatic rings. The molecule has 0 spiro atoms. The van der Waals surface area contributed by atoms with Crippen molar-refractivity contribution in [3.05, 3.63) is 11.6 Å². The van der Waals surface area contributed by atoms with Crippen molar-refractivity contribution in [2.75, 3.05) is 33.2 Å². The number of nitrogens with one attached hydrogen (secondary N) is 1. The van der Waals surface area contributed by atoms with Gasteiger partial charge in [-0.05, 0) is 39.3 Å². The molecule has 2 fully saturated rings. The van der Waals surface area contributed by atoms with E-state index in [0.29, 0.717) is 18.9 Å². The van der Waals surface area contributed by atoms with E-state index in [0.717, 1.165) is 45.3 Å². The van der Waals surface area contributed by atoms with Gasteiger partial charge in [0, 0.05) is 26.1 Å². The fourth-order valence-electron chi connectivity index (χ4n) is 3.25. The second-order valence-corrected chi connectivity index (χ2v) is 6.34. The van der Waals surface area contributed by atoms with Gasteiger partial charge in [-0.2, -0.15) is 0 Å². The Morgan fingerprint density at radius 3 is 2.59 bits per heavy atom. The molecule has 1 atom stereocenters. The smallest absolute Gasteiger partial charge is 0.239 e. The number of carbonyl (C=O) groups is 2. The lowest BCUT2D eigenvalue weighted by Crippen LogP contribution is -2.50. The van der Waals surface area contributed by atoms with E-state index in [2.05, 4.69) is 23.3 Å². The summed E-state index contributed by atoms with van der Waals surface area (Å²) in [4.78, 5) is 28.1. The predicted molar refractivity (Wildman–Crippen MR) is 87.5 cm³/mol. The minimum Gasteiger partial charge on any atom is -0.353 e. The van der Waals surface area contributed by atoms with Crippen LogP contribution in [0.3, 0.4) is 0 Å². The Morgan fingerprint density at radius 1 is 1.23 bits per heavy atom. The fraction of sp³-hybridized carbons (Fsp3) is 0.765. The summed E-state index contributed by atoms with van der Waals surface area (Å²) in [6.07, 6.45) is 7.88. The van der Waals surface area contributed by atoms with Gasteiger partial charge in [0.15, 0.2) is 0 Å². The Balaban J connectivity index is 1.77. The molecule has 0 aromatic heterocycles. The highest BCUT2D eigenvalue weighted by atomic mass is 16.2. The minimum absolute atomic E-state index is 0.0862. The van der Waals surface area contributed by atoms with E-state index in [-0.39, 0.29) is 11.9 Å². The lowest BCUT2D eigenvalue weighted by Gasteiger charge is -2.37. The van der Waals surface area contributed by atoms with Crippen LogP contribution in [0.2, 0.25) is 0 Å². The number of rotatable bonds is 4. The third-order valence-corrected chi connectivity index (χ3v) is 4.78. The Kier molecular flexibility index (Phi) is 6.43. The Bertz CT molecular complexity index is 424. The Morgan fingerprint density at radius 2 is 1.95 bits per heavy atom. The van der Waals surface area contributed by atoms with Crippen LogP contribution in [0, 0.1) is 0 Å². The first kappa shape index (κ1) is 17.0. The van der Waals surface area contributed by atoms with Gasteiger partial charge in [0.05, 0.1) is 6.04 Å². The molecule has 0 aromatic rings. The van der Waals surface area contributed by atoms with Crippen molar-refractivity contribution in [1.29, 1.82) is 0 Å². The normalized spacial score (nSPS) is 23.3. The molecule has 0 radical (unpaired) electrons. The zero-order valence-electron chi connectivity index (χ0n) is 13.9. The summed E-state index contributed by atoms with van der Waals surface area (Å²) in [5.41, 5.74) is 1.36. The van der Waals surface area contributed by atoms with Gasteiger partial charge in [0.1, 0.15) is 0 Å². The number of piperidine rings is 2. The van der Waals surface area contributed by atoms with Crippen LogP contribution < -0.4 is 5.32 Å². The molecule has 1 unspecified atom stereocenters. The van der Waals surface area contributed by atoms with Gasteiger partial charge in [-0.3, -0.25) is 14.5 Å². The number of likely N-dealkylation sites (N-methyl/N-ethyl adjacent to an activating group) is 1. The lowest BCUT2D eigenvalue weighted by atomic mass is 9.99.